The van der Waals surface area contributed by atoms with E-state index >= 15 is 0 Å². The molecule has 2 aromatic carbocycles. The zero-order valence-electron chi connectivity index (χ0n) is 16.5. The van der Waals surface area contributed by atoms with Crippen molar-refractivity contribution in [1.29, 1.82) is 0 Å². The molecule has 7 heteroatoms. The summed E-state index contributed by atoms with van der Waals surface area (Å²) < 4.78 is 0. The van der Waals surface area contributed by atoms with Crippen LogP contribution in [0.4, 0.5) is 5.82 Å². The lowest BCUT2D eigenvalue weighted by Crippen LogP contribution is -2.43. The van der Waals surface area contributed by atoms with E-state index in [-0.39, 0.29) is 11.8 Å². The lowest BCUT2D eigenvalue weighted by Gasteiger charge is -2.33. The molecule has 0 aliphatic carbocycles. The van der Waals surface area contributed by atoms with Crippen molar-refractivity contribution in [3.63, 3.8) is 0 Å². The lowest BCUT2D eigenvalue weighted by molar-refractivity contribution is -0.125. The first-order valence-corrected chi connectivity index (χ1v) is 11.2. The Labute approximate surface area is 185 Å². The van der Waals surface area contributed by atoms with E-state index in [1.165, 1.54) is 0 Å². The number of anilines is 1. The normalized spacial score (nSPS) is 16.3. The standard InChI is InChI=1S/C23H23ClN4OS/c24-20-11-5-4-7-17(20)15-27-22(29)18-8-6-14-28(16-18)21-23(26-13-12-25-21)30-19-9-2-1-3-10-19/h1-5,7,9-13,18H,6,8,14-16H2,(H,27,29)/t18-/m1/s1. The van der Waals surface area contributed by atoms with Crippen LogP contribution in [0, 0.1) is 5.92 Å². The molecule has 4 rings (SSSR count). The van der Waals surface area contributed by atoms with Gasteiger partial charge in [-0.25, -0.2) is 9.97 Å². The first kappa shape index (κ1) is 20.7. The number of benzene rings is 2. The van der Waals surface area contributed by atoms with Crippen LogP contribution in [0.5, 0.6) is 0 Å². The van der Waals surface area contributed by atoms with E-state index in [9.17, 15) is 4.79 Å². The molecule has 1 saturated heterocycles. The highest BCUT2D eigenvalue weighted by Crippen LogP contribution is 2.33. The summed E-state index contributed by atoms with van der Waals surface area (Å²) in [7, 11) is 0. The van der Waals surface area contributed by atoms with E-state index in [0.29, 0.717) is 18.1 Å². The van der Waals surface area contributed by atoms with Gasteiger partial charge in [0.25, 0.3) is 0 Å². The van der Waals surface area contributed by atoms with Gasteiger partial charge in [0.05, 0.1) is 5.92 Å². The minimum absolute atomic E-state index is 0.0563. The molecule has 2 heterocycles. The SMILES string of the molecule is O=C(NCc1ccccc1Cl)[C@@H]1CCCN(c2nccnc2Sc2ccccc2)C1. The van der Waals surface area contributed by atoms with Gasteiger partial charge in [-0.15, -0.1) is 0 Å². The van der Waals surface area contributed by atoms with Crippen LogP contribution >= 0.6 is 23.4 Å². The number of hydrogen-bond donors (Lipinski definition) is 1. The molecule has 0 bridgehead atoms. The molecule has 1 N–H and O–H groups in total. The quantitative estimate of drug-likeness (QED) is 0.598. The van der Waals surface area contributed by atoms with Crippen molar-refractivity contribution in [3.8, 4) is 0 Å². The maximum atomic E-state index is 12.8. The fraction of sp³-hybridized carbons (Fsp3) is 0.261. The number of carbonyl (C=O) groups excluding carboxylic acids is 1. The van der Waals surface area contributed by atoms with Gasteiger partial charge in [0.2, 0.25) is 5.91 Å². The van der Waals surface area contributed by atoms with Gasteiger partial charge in [0.15, 0.2) is 5.82 Å². The number of amides is 1. The molecule has 154 valence electrons. The maximum absolute atomic E-state index is 12.8. The van der Waals surface area contributed by atoms with Gasteiger partial charge in [-0.3, -0.25) is 4.79 Å². The van der Waals surface area contributed by atoms with Crippen LogP contribution in [-0.4, -0.2) is 29.0 Å². The van der Waals surface area contributed by atoms with Gasteiger partial charge < -0.3 is 10.2 Å². The Morgan fingerprint density at radius 3 is 2.70 bits per heavy atom. The van der Waals surface area contributed by atoms with Crippen molar-refractivity contribution in [3.05, 3.63) is 77.6 Å². The van der Waals surface area contributed by atoms with Gasteiger partial charge >= 0.3 is 0 Å². The van der Waals surface area contributed by atoms with Crippen molar-refractivity contribution in [2.24, 2.45) is 5.92 Å². The van der Waals surface area contributed by atoms with E-state index in [2.05, 4.69) is 32.3 Å². The Kier molecular flexibility index (Phi) is 6.87. The number of aromatic nitrogens is 2. The molecule has 1 amide bonds. The minimum Gasteiger partial charge on any atom is -0.354 e. The van der Waals surface area contributed by atoms with Crippen LogP contribution < -0.4 is 10.2 Å². The molecular formula is C23H23ClN4OS. The summed E-state index contributed by atoms with van der Waals surface area (Å²) in [5, 5.41) is 4.58. The summed E-state index contributed by atoms with van der Waals surface area (Å²) in [5.74, 6) is 0.813. The molecule has 0 radical (unpaired) electrons. The number of hydrogen-bond acceptors (Lipinski definition) is 5. The zero-order valence-corrected chi connectivity index (χ0v) is 18.1. The monoisotopic (exact) mass is 438 g/mol. The molecule has 30 heavy (non-hydrogen) atoms. The fourth-order valence-corrected chi connectivity index (χ4v) is 4.66. The summed E-state index contributed by atoms with van der Waals surface area (Å²) >= 11 is 7.80. The highest BCUT2D eigenvalue weighted by atomic mass is 35.5. The maximum Gasteiger partial charge on any atom is 0.225 e. The highest BCUT2D eigenvalue weighted by Gasteiger charge is 2.28. The molecule has 1 fully saturated rings. The smallest absolute Gasteiger partial charge is 0.225 e. The van der Waals surface area contributed by atoms with E-state index in [4.69, 9.17) is 11.6 Å². The van der Waals surface area contributed by atoms with E-state index in [0.717, 1.165) is 40.7 Å². The summed E-state index contributed by atoms with van der Waals surface area (Å²) in [5.41, 5.74) is 0.927. The van der Waals surface area contributed by atoms with E-state index in [1.807, 2.05) is 42.5 Å². The molecule has 0 saturated carbocycles. The summed E-state index contributed by atoms with van der Waals surface area (Å²) in [6.45, 7) is 1.94. The fourth-order valence-electron chi connectivity index (χ4n) is 3.56. The van der Waals surface area contributed by atoms with Crippen LogP contribution in [0.3, 0.4) is 0 Å². The Morgan fingerprint density at radius 1 is 1.10 bits per heavy atom. The molecule has 0 spiro atoms. The highest BCUT2D eigenvalue weighted by molar-refractivity contribution is 7.99. The Balaban J connectivity index is 1.43. The zero-order chi connectivity index (χ0) is 20.8. The van der Waals surface area contributed by atoms with E-state index < -0.39 is 0 Å². The number of halogens is 1. The van der Waals surface area contributed by atoms with Crippen molar-refractivity contribution >= 4 is 35.1 Å². The van der Waals surface area contributed by atoms with Crippen LogP contribution in [-0.2, 0) is 11.3 Å². The predicted octanol–water partition coefficient (Wildman–Crippen LogP) is 4.81. The molecule has 1 atom stereocenters. The van der Waals surface area contributed by atoms with Gasteiger partial charge in [0, 0.05) is 41.9 Å². The van der Waals surface area contributed by atoms with Crippen LogP contribution in [0.25, 0.3) is 0 Å². The van der Waals surface area contributed by atoms with Gasteiger partial charge in [-0.05, 0) is 36.6 Å². The second-order valence-corrected chi connectivity index (χ2v) is 8.66. The predicted molar refractivity (Wildman–Crippen MR) is 121 cm³/mol. The van der Waals surface area contributed by atoms with Gasteiger partial charge in [0.1, 0.15) is 5.03 Å². The van der Waals surface area contributed by atoms with Crippen LogP contribution in [0.1, 0.15) is 18.4 Å². The average molecular weight is 439 g/mol. The third-order valence-electron chi connectivity index (χ3n) is 5.11. The molecule has 3 aromatic rings. The molecule has 0 unspecified atom stereocenters. The summed E-state index contributed by atoms with van der Waals surface area (Å²) in [6.07, 6.45) is 5.24. The van der Waals surface area contributed by atoms with Crippen molar-refractivity contribution < 1.29 is 4.79 Å². The first-order chi connectivity index (χ1) is 14.7. The topological polar surface area (TPSA) is 58.1 Å². The molecular weight excluding hydrogens is 416 g/mol. The third kappa shape index (κ3) is 5.12. The number of piperidine rings is 1. The van der Waals surface area contributed by atoms with Gasteiger partial charge in [-0.1, -0.05) is 59.8 Å². The van der Waals surface area contributed by atoms with Crippen molar-refractivity contribution in [2.75, 3.05) is 18.0 Å². The number of carbonyl (C=O) groups is 1. The number of nitrogens with one attached hydrogen (secondary N) is 1. The van der Waals surface area contributed by atoms with E-state index in [1.54, 1.807) is 24.2 Å². The van der Waals surface area contributed by atoms with Gasteiger partial charge in [-0.2, -0.15) is 0 Å². The second kappa shape index (κ2) is 9.96. The molecule has 1 aliphatic heterocycles. The molecule has 5 nitrogen and oxygen atoms in total. The number of rotatable bonds is 6. The Hall–Kier alpha value is -2.57. The second-order valence-electron chi connectivity index (χ2n) is 7.19. The summed E-state index contributed by atoms with van der Waals surface area (Å²) in [6, 6.07) is 17.7. The molecule has 1 aromatic heterocycles. The largest absolute Gasteiger partial charge is 0.354 e. The van der Waals surface area contributed by atoms with Crippen molar-refractivity contribution in [2.45, 2.75) is 29.3 Å². The Morgan fingerprint density at radius 2 is 1.87 bits per heavy atom. The third-order valence-corrected chi connectivity index (χ3v) is 6.46. The Bertz CT molecular complexity index is 1000. The summed E-state index contributed by atoms with van der Waals surface area (Å²) in [4.78, 5) is 25.3. The number of nitrogens with zero attached hydrogens (tertiary/aromatic N) is 3. The van der Waals surface area contributed by atoms with Crippen molar-refractivity contribution in [1.82, 2.24) is 15.3 Å². The minimum atomic E-state index is -0.0854. The van der Waals surface area contributed by atoms with Crippen LogP contribution in [0.2, 0.25) is 5.02 Å². The van der Waals surface area contributed by atoms with Crippen LogP contribution in [0.15, 0.2) is 76.9 Å². The lowest BCUT2D eigenvalue weighted by atomic mass is 9.97. The first-order valence-electron chi connectivity index (χ1n) is 10.0. The average Bonchev–Trinajstić information content (AvgIpc) is 2.79. The molecule has 1 aliphatic rings.